The predicted octanol–water partition coefficient (Wildman–Crippen LogP) is 2.32. The van der Waals surface area contributed by atoms with Crippen LogP contribution < -0.4 is 0 Å². The van der Waals surface area contributed by atoms with Crippen molar-refractivity contribution in [3.63, 3.8) is 0 Å². The Morgan fingerprint density at radius 1 is 1.60 bits per heavy atom. The van der Waals surface area contributed by atoms with Gasteiger partial charge in [0.2, 0.25) is 0 Å². The summed E-state index contributed by atoms with van der Waals surface area (Å²) in [7, 11) is 0. The maximum Gasteiger partial charge on any atom is 0.0385 e. The predicted molar refractivity (Wildman–Crippen MR) is 44.3 cm³/mol. The molecule has 1 N–H and O–H groups in total. The Balaban J connectivity index is 2.60. The van der Waals surface area contributed by atoms with Gasteiger partial charge in [0.25, 0.3) is 0 Å². The standard InChI is InChI=1S/C9H11N/c1-2-5-8-6-3-4-7-9(8)10/h2-4,6-8,10H,1,5H2. The van der Waals surface area contributed by atoms with Crippen molar-refractivity contribution in [2.45, 2.75) is 6.42 Å². The molecule has 0 radical (unpaired) electrons. The summed E-state index contributed by atoms with van der Waals surface area (Å²) in [6, 6.07) is 0. The molecule has 0 heterocycles. The average Bonchev–Trinajstić information content (AvgIpc) is 1.94. The van der Waals surface area contributed by atoms with Gasteiger partial charge in [-0.25, -0.2) is 0 Å². The molecule has 0 spiro atoms. The number of hydrogen-bond donors (Lipinski definition) is 1. The van der Waals surface area contributed by atoms with E-state index < -0.39 is 0 Å². The number of allylic oxidation sites excluding steroid dienone is 5. The second-order valence-electron chi connectivity index (χ2n) is 2.33. The van der Waals surface area contributed by atoms with Gasteiger partial charge in [-0.05, 0) is 12.5 Å². The first-order valence-corrected chi connectivity index (χ1v) is 3.39. The number of hydrogen-bond acceptors (Lipinski definition) is 1. The van der Waals surface area contributed by atoms with Crippen LogP contribution in [0.3, 0.4) is 0 Å². The second-order valence-corrected chi connectivity index (χ2v) is 2.33. The number of nitrogens with one attached hydrogen (secondary N) is 1. The van der Waals surface area contributed by atoms with E-state index in [2.05, 4.69) is 6.58 Å². The van der Waals surface area contributed by atoms with Crippen molar-refractivity contribution in [3.8, 4) is 0 Å². The first-order chi connectivity index (χ1) is 4.84. The Kier molecular flexibility index (Phi) is 2.21. The minimum atomic E-state index is 0.266. The highest BCUT2D eigenvalue weighted by Gasteiger charge is 2.07. The van der Waals surface area contributed by atoms with Gasteiger partial charge in [0.1, 0.15) is 0 Å². The van der Waals surface area contributed by atoms with Crippen LogP contribution in [0.15, 0.2) is 37.0 Å². The van der Waals surface area contributed by atoms with Crippen molar-refractivity contribution in [3.05, 3.63) is 37.0 Å². The molecule has 1 heteroatoms. The Labute approximate surface area is 61.3 Å². The van der Waals surface area contributed by atoms with Crippen LogP contribution in [0.2, 0.25) is 0 Å². The van der Waals surface area contributed by atoms with Crippen molar-refractivity contribution in [2.24, 2.45) is 5.92 Å². The molecule has 0 aromatic heterocycles. The molecule has 0 bridgehead atoms. The smallest absolute Gasteiger partial charge is 0.0385 e. The summed E-state index contributed by atoms with van der Waals surface area (Å²) in [6.07, 6.45) is 10.5. The van der Waals surface area contributed by atoms with Gasteiger partial charge in [-0.15, -0.1) is 6.58 Å². The lowest BCUT2D eigenvalue weighted by Gasteiger charge is -2.10. The van der Waals surface area contributed by atoms with E-state index in [0.717, 1.165) is 6.42 Å². The molecule has 10 heavy (non-hydrogen) atoms. The third-order valence-electron chi connectivity index (χ3n) is 1.55. The lowest BCUT2D eigenvalue weighted by Crippen LogP contribution is -2.09. The van der Waals surface area contributed by atoms with Crippen LogP contribution in [0.4, 0.5) is 0 Å². The first kappa shape index (κ1) is 7.00. The molecule has 0 saturated heterocycles. The van der Waals surface area contributed by atoms with E-state index in [0.29, 0.717) is 5.71 Å². The molecular weight excluding hydrogens is 122 g/mol. The van der Waals surface area contributed by atoms with Crippen LogP contribution in [0.5, 0.6) is 0 Å². The maximum atomic E-state index is 7.46. The summed E-state index contributed by atoms with van der Waals surface area (Å²) in [5.74, 6) is 0.266. The van der Waals surface area contributed by atoms with Gasteiger partial charge in [0, 0.05) is 11.6 Å². The van der Waals surface area contributed by atoms with Gasteiger partial charge in [0.05, 0.1) is 0 Å². The monoisotopic (exact) mass is 133 g/mol. The number of rotatable bonds is 2. The molecule has 1 nitrogen and oxygen atoms in total. The van der Waals surface area contributed by atoms with Crippen molar-refractivity contribution in [2.75, 3.05) is 0 Å². The lowest BCUT2D eigenvalue weighted by atomic mass is 9.95. The molecule has 1 rings (SSSR count). The highest BCUT2D eigenvalue weighted by Crippen LogP contribution is 2.12. The molecule has 1 atom stereocenters. The Morgan fingerprint density at radius 2 is 2.40 bits per heavy atom. The van der Waals surface area contributed by atoms with Gasteiger partial charge in [-0.3, -0.25) is 0 Å². The fraction of sp³-hybridized carbons (Fsp3) is 0.222. The average molecular weight is 133 g/mol. The van der Waals surface area contributed by atoms with Gasteiger partial charge >= 0.3 is 0 Å². The third-order valence-corrected chi connectivity index (χ3v) is 1.55. The molecule has 0 saturated carbocycles. The van der Waals surface area contributed by atoms with Gasteiger partial charge in [-0.1, -0.05) is 24.3 Å². The third kappa shape index (κ3) is 1.44. The fourth-order valence-electron chi connectivity index (χ4n) is 0.970. The SMILES string of the molecule is C=CCC1C=CC=CC1=N. The normalized spacial score (nSPS) is 23.2. The molecule has 1 aliphatic rings. The minimum Gasteiger partial charge on any atom is -0.305 e. The highest BCUT2D eigenvalue weighted by molar-refractivity contribution is 5.96. The first-order valence-electron chi connectivity index (χ1n) is 3.39. The zero-order valence-electron chi connectivity index (χ0n) is 5.88. The van der Waals surface area contributed by atoms with E-state index in [1.165, 1.54) is 0 Å². The molecule has 0 amide bonds. The van der Waals surface area contributed by atoms with E-state index in [1.54, 1.807) is 0 Å². The molecule has 0 aromatic carbocycles. The van der Waals surface area contributed by atoms with Crippen LogP contribution in [0, 0.1) is 11.3 Å². The van der Waals surface area contributed by atoms with Gasteiger partial charge < -0.3 is 5.41 Å². The van der Waals surface area contributed by atoms with Crippen molar-refractivity contribution in [1.29, 1.82) is 5.41 Å². The topological polar surface area (TPSA) is 23.9 Å². The van der Waals surface area contributed by atoms with E-state index in [9.17, 15) is 0 Å². The minimum absolute atomic E-state index is 0.266. The summed E-state index contributed by atoms with van der Waals surface area (Å²) < 4.78 is 0. The van der Waals surface area contributed by atoms with Crippen molar-refractivity contribution in [1.82, 2.24) is 0 Å². The molecule has 0 aliphatic heterocycles. The van der Waals surface area contributed by atoms with Crippen molar-refractivity contribution >= 4 is 5.71 Å². The summed E-state index contributed by atoms with van der Waals surface area (Å²) in [5.41, 5.74) is 0.683. The molecular formula is C9H11N. The van der Waals surface area contributed by atoms with E-state index >= 15 is 0 Å². The zero-order valence-corrected chi connectivity index (χ0v) is 5.88. The van der Waals surface area contributed by atoms with Gasteiger partial charge in [0.15, 0.2) is 0 Å². The highest BCUT2D eigenvalue weighted by atomic mass is 14.4. The largest absolute Gasteiger partial charge is 0.305 e. The molecule has 0 aromatic rings. The van der Waals surface area contributed by atoms with Crippen LogP contribution in [-0.4, -0.2) is 5.71 Å². The summed E-state index contributed by atoms with van der Waals surface area (Å²) in [6.45, 7) is 3.63. The van der Waals surface area contributed by atoms with E-state index in [1.807, 2.05) is 30.4 Å². The maximum absolute atomic E-state index is 7.46. The van der Waals surface area contributed by atoms with Crippen LogP contribution in [0.1, 0.15) is 6.42 Å². The van der Waals surface area contributed by atoms with E-state index in [-0.39, 0.29) is 5.92 Å². The summed E-state index contributed by atoms with van der Waals surface area (Å²) in [4.78, 5) is 0. The molecule has 1 aliphatic carbocycles. The Morgan fingerprint density at radius 3 is 3.00 bits per heavy atom. The Bertz CT molecular complexity index is 199. The quantitative estimate of drug-likeness (QED) is 0.559. The molecule has 52 valence electrons. The Hall–Kier alpha value is -1.11. The van der Waals surface area contributed by atoms with Crippen molar-refractivity contribution < 1.29 is 0 Å². The second kappa shape index (κ2) is 3.16. The summed E-state index contributed by atoms with van der Waals surface area (Å²) >= 11 is 0. The van der Waals surface area contributed by atoms with E-state index in [4.69, 9.17) is 5.41 Å². The fourth-order valence-corrected chi connectivity index (χ4v) is 0.970. The molecule has 1 unspecified atom stereocenters. The van der Waals surface area contributed by atoms with Crippen LogP contribution in [-0.2, 0) is 0 Å². The summed E-state index contributed by atoms with van der Waals surface area (Å²) in [5, 5.41) is 7.46. The van der Waals surface area contributed by atoms with Crippen LogP contribution in [0.25, 0.3) is 0 Å². The van der Waals surface area contributed by atoms with Crippen LogP contribution >= 0.6 is 0 Å². The van der Waals surface area contributed by atoms with Gasteiger partial charge in [-0.2, -0.15) is 0 Å². The lowest BCUT2D eigenvalue weighted by molar-refractivity contribution is 0.875. The zero-order chi connectivity index (χ0) is 7.40. The molecule has 0 fully saturated rings.